The van der Waals surface area contributed by atoms with E-state index in [4.69, 9.17) is 10.5 Å². The number of nitrogens with zero attached hydrogens (tertiary/aromatic N) is 2. The van der Waals surface area contributed by atoms with E-state index >= 15 is 0 Å². The average molecular weight is 381 g/mol. The van der Waals surface area contributed by atoms with Crippen LogP contribution in [0.1, 0.15) is 31.7 Å². The third kappa shape index (κ3) is 3.85. The molecule has 4 N–H and O–H groups in total. The van der Waals surface area contributed by atoms with Crippen molar-refractivity contribution in [2.24, 2.45) is 10.1 Å². The topological polar surface area (TPSA) is 126 Å². The molecule has 1 saturated heterocycles. The molecule has 1 aromatic rings. The summed E-state index contributed by atoms with van der Waals surface area (Å²) in [4.78, 5) is 14.0. The van der Waals surface area contributed by atoms with Crippen LogP contribution in [0.3, 0.4) is 0 Å². The van der Waals surface area contributed by atoms with Gasteiger partial charge in [0.2, 0.25) is 0 Å². The largest absolute Gasteiger partial charge is 0.491 e. The highest BCUT2D eigenvalue weighted by Crippen LogP contribution is 2.31. The van der Waals surface area contributed by atoms with Gasteiger partial charge in [0.1, 0.15) is 12.4 Å². The van der Waals surface area contributed by atoms with Crippen LogP contribution in [0.5, 0.6) is 5.75 Å². The summed E-state index contributed by atoms with van der Waals surface area (Å²) in [7, 11) is -3.83. The van der Waals surface area contributed by atoms with Gasteiger partial charge in [0, 0.05) is 13.1 Å². The summed E-state index contributed by atoms with van der Waals surface area (Å²) < 4.78 is 35.0. The molecule has 0 radical (unpaired) electrons. The first-order valence-electron chi connectivity index (χ1n) is 8.60. The van der Waals surface area contributed by atoms with E-state index in [0.717, 1.165) is 19.3 Å². The van der Waals surface area contributed by atoms with E-state index in [9.17, 15) is 13.2 Å². The number of carbonyl (C=O) groups excluding carboxylic acids is 1. The molecule has 9 nitrogen and oxygen atoms in total. The van der Waals surface area contributed by atoms with Gasteiger partial charge in [-0.2, -0.15) is 8.42 Å². The standard InChI is InChI=1S/C16H23N5O4S/c1-2-8-18-16(22)21-9-4-5-11(21)10-25-13-7-3-6-12-14(13)15(17)20-26(23,24)19-12/h3,6-7,11,19H,2,4-5,8-10H2,1H3,(H2,17,20)(H,18,22). The Kier molecular flexibility index (Phi) is 5.21. The number of urea groups is 1. The number of amidine groups is 1. The number of hydrogen-bond acceptors (Lipinski definition) is 5. The molecule has 1 unspecified atom stereocenters. The van der Waals surface area contributed by atoms with Crippen molar-refractivity contribution in [3.8, 4) is 5.75 Å². The van der Waals surface area contributed by atoms with Crippen molar-refractivity contribution in [3.63, 3.8) is 0 Å². The van der Waals surface area contributed by atoms with Crippen LogP contribution >= 0.6 is 0 Å². The third-order valence-corrected chi connectivity index (χ3v) is 5.25. The highest BCUT2D eigenvalue weighted by molar-refractivity contribution is 7.91. The van der Waals surface area contributed by atoms with Gasteiger partial charge in [-0.1, -0.05) is 13.0 Å². The van der Waals surface area contributed by atoms with E-state index in [0.29, 0.717) is 36.7 Å². The number of hydrogen-bond donors (Lipinski definition) is 3. The van der Waals surface area contributed by atoms with Crippen LogP contribution in [0.2, 0.25) is 0 Å². The molecule has 2 aliphatic heterocycles. The SMILES string of the molecule is CCCNC(=O)N1CCCC1COc1cccc2c1C(N)=NS(=O)(=O)N2. The molecule has 10 heteroatoms. The summed E-state index contributed by atoms with van der Waals surface area (Å²) in [5.74, 6) is 0.324. The highest BCUT2D eigenvalue weighted by Gasteiger charge is 2.30. The second kappa shape index (κ2) is 7.40. The summed E-state index contributed by atoms with van der Waals surface area (Å²) in [5, 5.41) is 2.88. The molecular formula is C16H23N5O4S. The second-order valence-corrected chi connectivity index (χ2v) is 7.60. The van der Waals surface area contributed by atoms with Gasteiger partial charge in [0.25, 0.3) is 0 Å². The summed E-state index contributed by atoms with van der Waals surface area (Å²) in [6.45, 7) is 3.64. The minimum atomic E-state index is -3.83. The van der Waals surface area contributed by atoms with Gasteiger partial charge in [0.05, 0.1) is 17.3 Å². The van der Waals surface area contributed by atoms with Gasteiger partial charge in [-0.25, -0.2) is 4.79 Å². The molecule has 1 fully saturated rings. The zero-order valence-electron chi connectivity index (χ0n) is 14.6. The first-order chi connectivity index (χ1) is 12.4. The van der Waals surface area contributed by atoms with E-state index in [1.165, 1.54) is 0 Å². The Morgan fingerprint density at radius 1 is 1.50 bits per heavy atom. The minimum absolute atomic E-state index is 0.0406. The van der Waals surface area contributed by atoms with E-state index in [1.807, 2.05) is 6.92 Å². The van der Waals surface area contributed by atoms with E-state index < -0.39 is 10.2 Å². The molecule has 1 atom stereocenters. The number of carbonyl (C=O) groups is 1. The fourth-order valence-corrected chi connectivity index (χ4v) is 3.98. The van der Waals surface area contributed by atoms with Crippen LogP contribution in [0.4, 0.5) is 10.5 Å². The van der Waals surface area contributed by atoms with E-state index in [2.05, 4.69) is 14.4 Å². The van der Waals surface area contributed by atoms with Crippen molar-refractivity contribution in [3.05, 3.63) is 23.8 Å². The number of benzene rings is 1. The minimum Gasteiger partial charge on any atom is -0.491 e. The van der Waals surface area contributed by atoms with Crippen LogP contribution in [0, 0.1) is 0 Å². The van der Waals surface area contributed by atoms with Gasteiger partial charge in [-0.3, -0.25) is 4.72 Å². The van der Waals surface area contributed by atoms with Gasteiger partial charge >= 0.3 is 16.2 Å². The van der Waals surface area contributed by atoms with Crippen molar-refractivity contribution >= 4 is 27.8 Å². The maximum atomic E-state index is 12.2. The fourth-order valence-electron chi connectivity index (χ4n) is 3.13. The predicted octanol–water partition coefficient (Wildman–Crippen LogP) is 1.02. The number of ether oxygens (including phenoxy) is 1. The number of anilines is 1. The Morgan fingerprint density at radius 2 is 2.31 bits per heavy atom. The molecule has 2 aliphatic rings. The Morgan fingerprint density at radius 3 is 3.08 bits per heavy atom. The molecule has 0 aromatic heterocycles. The van der Waals surface area contributed by atoms with Crippen molar-refractivity contribution < 1.29 is 17.9 Å². The Balaban J connectivity index is 1.72. The van der Waals surface area contributed by atoms with Crippen molar-refractivity contribution in [2.45, 2.75) is 32.2 Å². The number of rotatable bonds is 5. The zero-order valence-corrected chi connectivity index (χ0v) is 15.4. The Bertz CT molecular complexity index is 824. The maximum absolute atomic E-state index is 12.2. The number of likely N-dealkylation sites (tertiary alicyclic amines) is 1. The van der Waals surface area contributed by atoms with Crippen molar-refractivity contribution in [1.82, 2.24) is 10.2 Å². The van der Waals surface area contributed by atoms with Gasteiger partial charge in [-0.15, -0.1) is 4.40 Å². The number of nitrogens with one attached hydrogen (secondary N) is 2. The summed E-state index contributed by atoms with van der Waals surface area (Å²) in [6.07, 6.45) is 2.65. The monoisotopic (exact) mass is 381 g/mol. The molecule has 2 heterocycles. The van der Waals surface area contributed by atoms with Crippen molar-refractivity contribution in [1.29, 1.82) is 0 Å². The van der Waals surface area contributed by atoms with Gasteiger partial charge in [0.15, 0.2) is 5.84 Å². The first kappa shape index (κ1) is 18.3. The van der Waals surface area contributed by atoms with Crippen LogP contribution in [-0.2, 0) is 10.2 Å². The average Bonchev–Trinajstić information content (AvgIpc) is 3.05. The zero-order chi connectivity index (χ0) is 18.7. The van der Waals surface area contributed by atoms with Gasteiger partial charge in [-0.05, 0) is 31.4 Å². The predicted molar refractivity (Wildman–Crippen MR) is 98.6 cm³/mol. The Labute approximate surface area is 152 Å². The molecule has 0 spiro atoms. The lowest BCUT2D eigenvalue weighted by molar-refractivity contribution is 0.165. The molecule has 3 rings (SSSR count). The van der Waals surface area contributed by atoms with Crippen LogP contribution in [0.25, 0.3) is 0 Å². The number of amides is 2. The van der Waals surface area contributed by atoms with Crippen LogP contribution < -0.4 is 20.5 Å². The lowest BCUT2D eigenvalue weighted by atomic mass is 10.1. The molecule has 0 aliphatic carbocycles. The van der Waals surface area contributed by atoms with E-state index in [-0.39, 0.29) is 17.9 Å². The summed E-state index contributed by atoms with van der Waals surface area (Å²) in [6, 6.07) is 4.86. The second-order valence-electron chi connectivity index (χ2n) is 6.26. The summed E-state index contributed by atoms with van der Waals surface area (Å²) >= 11 is 0. The lowest BCUT2D eigenvalue weighted by Gasteiger charge is -2.26. The quantitative estimate of drug-likeness (QED) is 0.702. The Hall–Kier alpha value is -2.49. The lowest BCUT2D eigenvalue weighted by Crippen LogP contribution is -2.45. The number of nitrogens with two attached hydrogens (primary N) is 1. The number of fused-ring (bicyclic) bond motifs is 1. The van der Waals surface area contributed by atoms with Gasteiger partial charge < -0.3 is 20.7 Å². The van der Waals surface area contributed by atoms with Crippen LogP contribution in [-0.4, -0.2) is 50.9 Å². The molecule has 2 amide bonds. The summed E-state index contributed by atoms with van der Waals surface area (Å²) in [5.41, 5.74) is 6.56. The smallest absolute Gasteiger partial charge is 0.344 e. The van der Waals surface area contributed by atoms with E-state index in [1.54, 1.807) is 23.1 Å². The molecular weight excluding hydrogens is 358 g/mol. The highest BCUT2D eigenvalue weighted by atomic mass is 32.2. The van der Waals surface area contributed by atoms with Crippen molar-refractivity contribution in [2.75, 3.05) is 24.4 Å². The molecule has 26 heavy (non-hydrogen) atoms. The van der Waals surface area contributed by atoms with Crippen LogP contribution in [0.15, 0.2) is 22.6 Å². The fraction of sp³-hybridized carbons (Fsp3) is 0.500. The molecule has 142 valence electrons. The molecule has 0 bridgehead atoms. The maximum Gasteiger partial charge on any atom is 0.344 e. The third-order valence-electron chi connectivity index (χ3n) is 4.34. The first-order valence-corrected chi connectivity index (χ1v) is 10.0. The normalized spacial score (nSPS) is 20.7. The molecule has 0 saturated carbocycles. The molecule has 1 aromatic carbocycles.